The molecule has 3 aliphatic carbocycles. The van der Waals surface area contributed by atoms with E-state index in [0.29, 0.717) is 13.5 Å². The summed E-state index contributed by atoms with van der Waals surface area (Å²) < 4.78 is 121. The second-order valence-electron chi connectivity index (χ2n) is 10.9. The third kappa shape index (κ3) is 5.72. The van der Waals surface area contributed by atoms with Crippen LogP contribution in [-0.2, 0) is 0 Å². The molecule has 2 saturated carbocycles. The van der Waals surface area contributed by atoms with E-state index in [4.69, 9.17) is 0 Å². The van der Waals surface area contributed by atoms with Crippen LogP contribution in [0.2, 0.25) is 0 Å². The molecule has 3 rings (SSSR count). The Kier molecular flexibility index (Phi) is 9.28. The van der Waals surface area contributed by atoms with E-state index >= 15 is 0 Å². The number of aliphatic hydroxyl groups excluding tert-OH is 1. The van der Waals surface area contributed by atoms with Crippen molar-refractivity contribution in [2.75, 3.05) is 7.05 Å². The molecule has 3 unspecified atom stereocenters. The van der Waals surface area contributed by atoms with E-state index in [1.54, 1.807) is 0 Å². The maximum Gasteiger partial charge on any atom is 0.417 e. The first-order valence-electron chi connectivity index (χ1n) is 13.2. The molecule has 2 fully saturated rings. The van der Waals surface area contributed by atoms with Crippen LogP contribution < -0.4 is 0 Å². The molecule has 0 heterocycles. The van der Waals surface area contributed by atoms with Gasteiger partial charge in [0.15, 0.2) is 0 Å². The summed E-state index contributed by atoms with van der Waals surface area (Å²) in [6.45, 7) is 6.06. The van der Waals surface area contributed by atoms with E-state index in [9.17, 15) is 44.6 Å². The Morgan fingerprint density at radius 1 is 1.02 bits per heavy atom. The molecule has 1 N–H and O–H groups in total. The largest absolute Gasteiger partial charge is 0.417 e. The SMILES string of the molecule is C=C1/C(=C\C=C2/CCCC3(C)C(CC/C=C/C(=NC)C(C(F)(F)F)(C(F)(F)F)C(F)(F)F)=CCC23)CCCC1O. The Labute approximate surface area is 228 Å². The van der Waals surface area contributed by atoms with Crippen molar-refractivity contribution in [2.24, 2.45) is 21.7 Å². The third-order valence-corrected chi connectivity index (χ3v) is 8.71. The number of alkyl halides is 9. The lowest BCUT2D eigenvalue weighted by molar-refractivity contribution is -0.396. The molecule has 40 heavy (non-hydrogen) atoms. The van der Waals surface area contributed by atoms with Crippen LogP contribution in [0.15, 0.2) is 64.2 Å². The molecule has 0 aromatic rings. The number of rotatable bonds is 6. The quantitative estimate of drug-likeness (QED) is 0.189. The summed E-state index contributed by atoms with van der Waals surface area (Å²) in [7, 11) is 0.483. The van der Waals surface area contributed by atoms with Gasteiger partial charge in [-0.15, -0.1) is 0 Å². The second kappa shape index (κ2) is 11.5. The third-order valence-electron chi connectivity index (χ3n) is 8.71. The fourth-order valence-corrected chi connectivity index (χ4v) is 6.45. The number of fused-ring (bicyclic) bond motifs is 1. The standard InChI is InChI=1S/C29H34F9NO/c1-18-19(8-6-11-23(18)40)13-14-20-9-7-17-25(2)21(15-16-22(20)25)10-4-5-12-24(39-3)26(27(30,31)32,28(33,34)35)29(36,37)38/h5,12-15,22-23,40H,1,4,6-11,16-17H2,2-3H3/b12-5+,19-13-,20-14+,39-24?. The lowest BCUT2D eigenvalue weighted by Crippen LogP contribution is -2.63. The molecule has 0 spiro atoms. The topological polar surface area (TPSA) is 32.6 Å². The van der Waals surface area contributed by atoms with Crippen LogP contribution in [0, 0.1) is 16.7 Å². The van der Waals surface area contributed by atoms with E-state index in [1.165, 1.54) is 5.57 Å². The van der Waals surface area contributed by atoms with Crippen molar-refractivity contribution in [2.45, 2.75) is 89.3 Å². The van der Waals surface area contributed by atoms with Gasteiger partial charge < -0.3 is 5.11 Å². The molecule has 224 valence electrons. The van der Waals surface area contributed by atoms with Crippen LogP contribution in [0.1, 0.15) is 64.7 Å². The fourth-order valence-electron chi connectivity index (χ4n) is 6.45. The minimum atomic E-state index is -6.69. The minimum Gasteiger partial charge on any atom is -0.388 e. The van der Waals surface area contributed by atoms with Gasteiger partial charge in [0.2, 0.25) is 0 Å². The predicted molar refractivity (Wildman–Crippen MR) is 136 cm³/mol. The van der Waals surface area contributed by atoms with Gasteiger partial charge in [-0.3, -0.25) is 4.99 Å². The molecule has 0 bridgehead atoms. The number of aliphatic imine (C=N–C) groups is 1. The highest BCUT2D eigenvalue weighted by molar-refractivity contribution is 6.01. The van der Waals surface area contributed by atoms with Gasteiger partial charge in [0, 0.05) is 7.05 Å². The van der Waals surface area contributed by atoms with Gasteiger partial charge in [-0.05, 0) is 86.3 Å². The van der Waals surface area contributed by atoms with Crippen molar-refractivity contribution in [3.05, 3.63) is 59.3 Å². The predicted octanol–water partition coefficient (Wildman–Crippen LogP) is 9.16. The number of hydrogen-bond donors (Lipinski definition) is 1. The molecular weight excluding hydrogens is 549 g/mol. The first-order valence-corrected chi connectivity index (χ1v) is 13.2. The Morgan fingerprint density at radius 2 is 1.65 bits per heavy atom. The minimum absolute atomic E-state index is 0.0440. The number of halogens is 9. The molecule has 0 radical (unpaired) electrons. The maximum atomic E-state index is 13.5. The summed E-state index contributed by atoms with van der Waals surface area (Å²) in [6.07, 6.45) is -7.47. The monoisotopic (exact) mass is 583 g/mol. The van der Waals surface area contributed by atoms with E-state index in [1.807, 2.05) is 12.2 Å². The molecule has 3 aliphatic rings. The van der Waals surface area contributed by atoms with Gasteiger partial charge in [0.25, 0.3) is 5.41 Å². The molecule has 0 aromatic carbocycles. The van der Waals surface area contributed by atoms with Gasteiger partial charge in [-0.2, -0.15) is 39.5 Å². The van der Waals surface area contributed by atoms with E-state index in [0.717, 1.165) is 61.3 Å². The number of allylic oxidation sites excluding steroid dienone is 7. The zero-order valence-electron chi connectivity index (χ0n) is 22.4. The summed E-state index contributed by atoms with van der Waals surface area (Å²) >= 11 is 0. The first-order chi connectivity index (χ1) is 18.4. The van der Waals surface area contributed by atoms with E-state index < -0.39 is 35.8 Å². The van der Waals surface area contributed by atoms with Gasteiger partial charge in [0.05, 0.1) is 11.8 Å². The maximum absolute atomic E-state index is 13.5. The first kappa shape index (κ1) is 32.2. The van der Waals surface area contributed by atoms with Crippen LogP contribution in [0.4, 0.5) is 39.5 Å². The number of nitrogens with zero attached hydrogens (tertiary/aromatic N) is 1. The second-order valence-corrected chi connectivity index (χ2v) is 10.9. The Morgan fingerprint density at radius 3 is 2.23 bits per heavy atom. The van der Waals surface area contributed by atoms with Gasteiger partial charge >= 0.3 is 18.5 Å². The summed E-state index contributed by atoms with van der Waals surface area (Å²) in [5, 5.41) is 10.1. The lowest BCUT2D eigenvalue weighted by Gasteiger charge is -2.41. The molecule has 0 amide bonds. The van der Waals surface area contributed by atoms with Gasteiger partial charge in [-0.1, -0.05) is 49.0 Å². The van der Waals surface area contributed by atoms with Gasteiger partial charge in [0.1, 0.15) is 0 Å². The molecule has 0 saturated heterocycles. The van der Waals surface area contributed by atoms with Crippen LogP contribution in [0.3, 0.4) is 0 Å². The molecule has 3 atom stereocenters. The van der Waals surface area contributed by atoms with E-state index in [-0.39, 0.29) is 30.3 Å². The molecule has 2 nitrogen and oxygen atoms in total. The zero-order chi connectivity index (χ0) is 30.1. The van der Waals surface area contributed by atoms with Crippen LogP contribution in [0.5, 0.6) is 0 Å². The van der Waals surface area contributed by atoms with Crippen molar-refractivity contribution in [3.63, 3.8) is 0 Å². The average Bonchev–Trinajstić information content (AvgIpc) is 3.15. The Bertz CT molecular complexity index is 1080. The van der Waals surface area contributed by atoms with E-state index in [2.05, 4.69) is 24.6 Å². The van der Waals surface area contributed by atoms with Crippen LogP contribution >= 0.6 is 0 Å². The normalized spacial score (nSPS) is 29.4. The van der Waals surface area contributed by atoms with Crippen molar-refractivity contribution < 1.29 is 44.6 Å². The fraction of sp³-hybridized carbons (Fsp3) is 0.621. The summed E-state index contributed by atoms with van der Waals surface area (Å²) in [6, 6.07) is 0. The van der Waals surface area contributed by atoms with Crippen LogP contribution in [0.25, 0.3) is 0 Å². The molecular formula is C29H34F9NO. The smallest absolute Gasteiger partial charge is 0.388 e. The summed E-state index contributed by atoms with van der Waals surface area (Å²) in [4.78, 5) is 2.81. The average molecular weight is 584 g/mol. The molecule has 11 heteroatoms. The highest BCUT2D eigenvalue weighted by atomic mass is 19.4. The lowest BCUT2D eigenvalue weighted by atomic mass is 9.63. The van der Waals surface area contributed by atoms with Crippen molar-refractivity contribution in [1.29, 1.82) is 0 Å². The Hall–Kier alpha value is -2.30. The van der Waals surface area contributed by atoms with Crippen LogP contribution in [-0.4, -0.2) is 42.5 Å². The van der Waals surface area contributed by atoms with Crippen molar-refractivity contribution in [3.8, 4) is 0 Å². The summed E-state index contributed by atoms with van der Waals surface area (Å²) in [5.74, 6) is 0.167. The van der Waals surface area contributed by atoms with Crippen molar-refractivity contribution >= 4 is 5.71 Å². The van der Waals surface area contributed by atoms with Gasteiger partial charge in [-0.25, -0.2) is 0 Å². The zero-order valence-corrected chi connectivity index (χ0v) is 22.4. The summed E-state index contributed by atoms with van der Waals surface area (Å²) in [5.41, 5.74) is -4.55. The molecule has 0 aromatic heterocycles. The number of hydrogen-bond acceptors (Lipinski definition) is 2. The Balaban J connectivity index is 1.77. The highest BCUT2D eigenvalue weighted by Gasteiger charge is 2.85. The number of aliphatic hydroxyl groups is 1. The highest BCUT2D eigenvalue weighted by Crippen LogP contribution is 2.60. The molecule has 0 aliphatic heterocycles. The van der Waals surface area contributed by atoms with Crippen molar-refractivity contribution in [1.82, 2.24) is 0 Å².